The molecule has 0 fully saturated rings. The van der Waals surface area contributed by atoms with E-state index < -0.39 is 0 Å². The molecule has 37 heavy (non-hydrogen) atoms. The number of benzene rings is 1. The zero-order valence-corrected chi connectivity index (χ0v) is 23.3. The largest absolute Gasteiger partial charge is 0.352 e. The average molecular weight is 505 g/mol. The number of carbonyl (C=O) groups is 1. The third kappa shape index (κ3) is 10.3. The van der Waals surface area contributed by atoms with Gasteiger partial charge in [0.05, 0.1) is 23.0 Å². The molecule has 0 bridgehead atoms. The lowest BCUT2D eigenvalue weighted by atomic mass is 10.0. The van der Waals surface area contributed by atoms with Crippen LogP contribution in [0.3, 0.4) is 0 Å². The molecule has 0 unspecified atom stereocenters. The summed E-state index contributed by atoms with van der Waals surface area (Å²) in [4.78, 5) is 17.8. The quantitative estimate of drug-likeness (QED) is 0.166. The van der Waals surface area contributed by atoms with Crippen molar-refractivity contribution in [2.75, 3.05) is 6.54 Å². The summed E-state index contributed by atoms with van der Waals surface area (Å²) < 4.78 is 1.75. The average Bonchev–Trinajstić information content (AvgIpc) is 3.36. The first kappa shape index (κ1) is 28.9. The second-order valence-electron chi connectivity index (χ2n) is 10.5. The van der Waals surface area contributed by atoms with Crippen LogP contribution >= 0.6 is 0 Å². The molecule has 0 aliphatic carbocycles. The number of nitrogens with one attached hydrogen (secondary N) is 1. The summed E-state index contributed by atoms with van der Waals surface area (Å²) >= 11 is 0. The molecule has 0 saturated carbocycles. The van der Waals surface area contributed by atoms with Crippen LogP contribution in [-0.4, -0.2) is 27.2 Å². The number of fused-ring (bicyclic) bond motifs is 1. The molecule has 0 spiro atoms. The van der Waals surface area contributed by atoms with Gasteiger partial charge in [-0.3, -0.25) is 9.48 Å². The van der Waals surface area contributed by atoms with Gasteiger partial charge < -0.3 is 5.32 Å². The molecule has 1 aromatic carbocycles. The lowest BCUT2D eigenvalue weighted by Crippen LogP contribution is -2.24. The van der Waals surface area contributed by atoms with Gasteiger partial charge in [0.25, 0.3) is 5.91 Å². The van der Waals surface area contributed by atoms with E-state index in [1.165, 1.54) is 96.3 Å². The maximum Gasteiger partial charge on any atom is 0.252 e. The van der Waals surface area contributed by atoms with Gasteiger partial charge in [0, 0.05) is 30.7 Å². The van der Waals surface area contributed by atoms with Gasteiger partial charge in [-0.1, -0.05) is 121 Å². The van der Waals surface area contributed by atoms with E-state index in [9.17, 15) is 4.79 Å². The number of rotatable bonds is 19. The summed E-state index contributed by atoms with van der Waals surface area (Å²) in [7, 11) is 1.89. The highest BCUT2D eigenvalue weighted by Crippen LogP contribution is 2.24. The predicted molar refractivity (Wildman–Crippen MR) is 156 cm³/mol. The standard InChI is InChI=1S/C32H48N4O/c1-3-4-5-6-7-8-9-10-11-12-13-14-15-16-17-20-23-33-32(37)29-24-31(27-25-34-36(2)26-27)35-30-22-19-18-21-28(29)30/h18-19,21-22,24-26H,3-17,20,23H2,1-2H3,(H,33,37). The summed E-state index contributed by atoms with van der Waals surface area (Å²) in [6.07, 6.45) is 25.4. The number of amides is 1. The van der Waals surface area contributed by atoms with E-state index in [-0.39, 0.29) is 5.91 Å². The molecule has 3 aromatic rings. The van der Waals surface area contributed by atoms with E-state index >= 15 is 0 Å². The molecular formula is C32H48N4O. The molecule has 1 amide bonds. The molecule has 3 rings (SSSR count). The van der Waals surface area contributed by atoms with Gasteiger partial charge in [0.1, 0.15) is 0 Å². The number of pyridine rings is 1. The molecule has 0 saturated heterocycles. The van der Waals surface area contributed by atoms with E-state index in [1.807, 2.05) is 43.6 Å². The first-order chi connectivity index (χ1) is 18.2. The highest BCUT2D eigenvalue weighted by atomic mass is 16.1. The Morgan fingerprint density at radius 2 is 1.38 bits per heavy atom. The number of aromatic nitrogens is 3. The van der Waals surface area contributed by atoms with Crippen molar-refractivity contribution in [1.29, 1.82) is 0 Å². The van der Waals surface area contributed by atoms with Gasteiger partial charge in [0.15, 0.2) is 0 Å². The first-order valence-electron chi connectivity index (χ1n) is 14.9. The number of hydrogen-bond donors (Lipinski definition) is 1. The van der Waals surface area contributed by atoms with Crippen molar-refractivity contribution in [2.45, 2.75) is 110 Å². The molecule has 2 heterocycles. The monoisotopic (exact) mass is 504 g/mol. The molecule has 5 heteroatoms. The molecule has 0 atom stereocenters. The molecule has 5 nitrogen and oxygen atoms in total. The van der Waals surface area contributed by atoms with Crippen LogP contribution in [0.15, 0.2) is 42.7 Å². The maximum absolute atomic E-state index is 13.0. The van der Waals surface area contributed by atoms with E-state index in [1.54, 1.807) is 10.9 Å². The molecule has 0 aliphatic heterocycles. The minimum atomic E-state index is -0.0234. The molecule has 0 radical (unpaired) electrons. The fourth-order valence-electron chi connectivity index (χ4n) is 5.03. The molecule has 0 aliphatic rings. The highest BCUT2D eigenvalue weighted by molar-refractivity contribution is 6.07. The van der Waals surface area contributed by atoms with E-state index in [4.69, 9.17) is 4.98 Å². The van der Waals surface area contributed by atoms with Crippen molar-refractivity contribution in [3.05, 3.63) is 48.3 Å². The lowest BCUT2D eigenvalue weighted by molar-refractivity contribution is 0.0954. The van der Waals surface area contributed by atoms with Gasteiger partial charge >= 0.3 is 0 Å². The number of para-hydroxylation sites is 1. The maximum atomic E-state index is 13.0. The van der Waals surface area contributed by atoms with Crippen LogP contribution in [0.25, 0.3) is 22.2 Å². The number of unbranched alkanes of at least 4 members (excludes halogenated alkanes) is 15. The summed E-state index contributed by atoms with van der Waals surface area (Å²) in [6, 6.07) is 9.74. The zero-order chi connectivity index (χ0) is 26.1. The van der Waals surface area contributed by atoms with E-state index in [0.29, 0.717) is 5.56 Å². The van der Waals surface area contributed by atoms with Crippen LogP contribution in [0.5, 0.6) is 0 Å². The van der Waals surface area contributed by atoms with Crippen molar-refractivity contribution in [2.24, 2.45) is 7.05 Å². The number of aryl methyl sites for hydroxylation is 1. The summed E-state index contributed by atoms with van der Waals surface area (Å²) in [5, 5.41) is 8.28. The van der Waals surface area contributed by atoms with Crippen LogP contribution in [0.2, 0.25) is 0 Å². The summed E-state index contributed by atoms with van der Waals surface area (Å²) in [5.74, 6) is -0.0234. The van der Waals surface area contributed by atoms with Gasteiger partial charge in [-0.15, -0.1) is 0 Å². The second-order valence-corrected chi connectivity index (χ2v) is 10.5. The Bertz CT molecular complexity index is 1060. The van der Waals surface area contributed by atoms with Crippen LogP contribution in [-0.2, 0) is 7.05 Å². The van der Waals surface area contributed by atoms with Crippen molar-refractivity contribution >= 4 is 16.8 Å². The third-order valence-corrected chi connectivity index (χ3v) is 7.28. The normalized spacial score (nSPS) is 11.3. The Kier molecular flexibility index (Phi) is 13.2. The SMILES string of the molecule is CCCCCCCCCCCCCCCCCCNC(=O)c1cc(-c2cnn(C)c2)nc2ccccc12. The predicted octanol–water partition coefficient (Wildman–Crippen LogP) is 8.63. The Balaban J connectivity index is 1.27. The Morgan fingerprint density at radius 3 is 1.95 bits per heavy atom. The van der Waals surface area contributed by atoms with Crippen molar-refractivity contribution in [1.82, 2.24) is 20.1 Å². The number of nitrogens with zero attached hydrogens (tertiary/aromatic N) is 3. The minimum absolute atomic E-state index is 0.0234. The number of carbonyl (C=O) groups excluding carboxylic acids is 1. The van der Waals surface area contributed by atoms with Crippen LogP contribution < -0.4 is 5.32 Å². The van der Waals surface area contributed by atoms with Crippen LogP contribution in [0.4, 0.5) is 0 Å². The fraction of sp³-hybridized carbons (Fsp3) is 0.594. The fourth-order valence-corrected chi connectivity index (χ4v) is 5.03. The Morgan fingerprint density at radius 1 is 0.811 bits per heavy atom. The second kappa shape index (κ2) is 16.9. The molecule has 2 aromatic heterocycles. The minimum Gasteiger partial charge on any atom is -0.352 e. The first-order valence-corrected chi connectivity index (χ1v) is 14.9. The lowest BCUT2D eigenvalue weighted by Gasteiger charge is -2.10. The smallest absolute Gasteiger partial charge is 0.252 e. The van der Waals surface area contributed by atoms with Gasteiger partial charge in [-0.05, 0) is 18.6 Å². The zero-order valence-electron chi connectivity index (χ0n) is 23.3. The van der Waals surface area contributed by atoms with Crippen molar-refractivity contribution in [3.8, 4) is 11.3 Å². The van der Waals surface area contributed by atoms with Crippen LogP contribution in [0, 0.1) is 0 Å². The van der Waals surface area contributed by atoms with Gasteiger partial charge in [0.2, 0.25) is 0 Å². The molecular weight excluding hydrogens is 456 g/mol. The topological polar surface area (TPSA) is 59.8 Å². The van der Waals surface area contributed by atoms with Gasteiger partial charge in [-0.25, -0.2) is 4.98 Å². The molecule has 202 valence electrons. The van der Waals surface area contributed by atoms with Gasteiger partial charge in [-0.2, -0.15) is 5.10 Å². The Hall–Kier alpha value is -2.69. The van der Waals surface area contributed by atoms with Crippen molar-refractivity contribution in [3.63, 3.8) is 0 Å². The molecule has 1 N–H and O–H groups in total. The summed E-state index contributed by atoms with van der Waals surface area (Å²) in [6.45, 7) is 3.00. The highest BCUT2D eigenvalue weighted by Gasteiger charge is 2.14. The third-order valence-electron chi connectivity index (χ3n) is 7.28. The number of hydrogen-bond acceptors (Lipinski definition) is 3. The van der Waals surface area contributed by atoms with E-state index in [2.05, 4.69) is 17.3 Å². The summed E-state index contributed by atoms with van der Waals surface area (Å²) in [5.41, 5.74) is 3.21. The van der Waals surface area contributed by atoms with E-state index in [0.717, 1.165) is 35.1 Å². The Labute approximate surface area is 224 Å². The van der Waals surface area contributed by atoms with Crippen LogP contribution in [0.1, 0.15) is 120 Å². The van der Waals surface area contributed by atoms with Crippen molar-refractivity contribution < 1.29 is 4.79 Å².